The van der Waals surface area contributed by atoms with Crippen LogP contribution in [0.4, 0.5) is 5.82 Å². The van der Waals surface area contributed by atoms with E-state index in [1.54, 1.807) is 0 Å². The maximum Gasteiger partial charge on any atom is 0.127 e. The lowest BCUT2D eigenvalue weighted by Crippen LogP contribution is -2.06. The van der Waals surface area contributed by atoms with Crippen LogP contribution in [0.25, 0.3) is 0 Å². The second-order valence-corrected chi connectivity index (χ2v) is 5.45. The first-order valence-corrected chi connectivity index (χ1v) is 7.44. The van der Waals surface area contributed by atoms with Gasteiger partial charge in [-0.05, 0) is 37.7 Å². The van der Waals surface area contributed by atoms with Gasteiger partial charge >= 0.3 is 0 Å². The van der Waals surface area contributed by atoms with Crippen LogP contribution in [0.15, 0.2) is 0 Å². The third-order valence-corrected chi connectivity index (χ3v) is 3.76. The molecule has 0 spiro atoms. The predicted octanol–water partition coefficient (Wildman–Crippen LogP) is 2.27. The fourth-order valence-corrected chi connectivity index (χ4v) is 2.45. The lowest BCUT2D eigenvalue weighted by Gasteiger charge is -2.04. The van der Waals surface area contributed by atoms with Gasteiger partial charge in [0.25, 0.3) is 0 Å². The van der Waals surface area contributed by atoms with Gasteiger partial charge < -0.3 is 10.3 Å². The fraction of sp³-hybridized carbons (Fsp3) is 0.615. The van der Waals surface area contributed by atoms with Crippen molar-refractivity contribution in [1.29, 1.82) is 0 Å². The molecule has 1 aromatic heterocycles. The maximum atomic E-state index is 6.14. The summed E-state index contributed by atoms with van der Waals surface area (Å²) >= 11 is 1.86. The zero-order valence-electron chi connectivity index (χ0n) is 10.3. The number of thioether (sulfide) groups is 1. The molecule has 2 rings (SSSR count). The molecule has 0 radical (unpaired) electrons. The van der Waals surface area contributed by atoms with Crippen molar-refractivity contribution in [3.05, 3.63) is 11.5 Å². The van der Waals surface area contributed by atoms with Gasteiger partial charge in [-0.1, -0.05) is 5.92 Å². The van der Waals surface area contributed by atoms with E-state index >= 15 is 0 Å². The van der Waals surface area contributed by atoms with Crippen LogP contribution in [0.3, 0.4) is 0 Å². The van der Waals surface area contributed by atoms with Crippen LogP contribution in [0, 0.1) is 12.3 Å². The van der Waals surface area contributed by atoms with E-state index in [4.69, 9.17) is 17.1 Å². The maximum absolute atomic E-state index is 6.14. The van der Waals surface area contributed by atoms with E-state index in [2.05, 4.69) is 12.2 Å². The number of nitrogen functional groups attached to an aromatic ring is 1. The Morgan fingerprint density at radius 1 is 1.59 bits per heavy atom. The first kappa shape index (κ1) is 12.4. The summed E-state index contributed by atoms with van der Waals surface area (Å²) in [5.74, 6) is 6.31. The van der Waals surface area contributed by atoms with Crippen molar-refractivity contribution in [3.8, 4) is 12.3 Å². The zero-order valence-corrected chi connectivity index (χ0v) is 11.1. The highest BCUT2D eigenvalue weighted by atomic mass is 32.2. The van der Waals surface area contributed by atoms with E-state index in [0.717, 1.165) is 35.9 Å². The average Bonchev–Trinajstić information content (AvgIpc) is 3.11. The summed E-state index contributed by atoms with van der Waals surface area (Å²) in [4.78, 5) is 4.70. The number of rotatable bonds is 6. The molecule has 0 bridgehead atoms. The average molecular weight is 249 g/mol. The van der Waals surface area contributed by atoms with Crippen molar-refractivity contribution in [1.82, 2.24) is 9.55 Å². The van der Waals surface area contributed by atoms with Crippen LogP contribution in [0.5, 0.6) is 0 Å². The quantitative estimate of drug-likeness (QED) is 0.621. The van der Waals surface area contributed by atoms with Gasteiger partial charge in [0.1, 0.15) is 11.6 Å². The van der Waals surface area contributed by atoms with E-state index in [1.807, 2.05) is 16.3 Å². The first-order valence-electron chi connectivity index (χ1n) is 6.05. The van der Waals surface area contributed by atoms with Crippen molar-refractivity contribution in [2.24, 2.45) is 0 Å². The van der Waals surface area contributed by atoms with Gasteiger partial charge in [-0.15, -0.1) is 6.42 Å². The number of nitrogens with zero attached hydrogens (tertiary/aromatic N) is 2. The summed E-state index contributed by atoms with van der Waals surface area (Å²) in [6.07, 6.45) is 12.1. The van der Waals surface area contributed by atoms with Crippen LogP contribution in [0.1, 0.15) is 36.7 Å². The number of aromatic nitrogens is 2. The van der Waals surface area contributed by atoms with Gasteiger partial charge in [-0.25, -0.2) is 4.98 Å². The topological polar surface area (TPSA) is 43.8 Å². The lowest BCUT2D eigenvalue weighted by atomic mass is 10.2. The van der Waals surface area contributed by atoms with E-state index in [-0.39, 0.29) is 0 Å². The Bertz CT molecular complexity index is 427. The number of hydrogen-bond acceptors (Lipinski definition) is 3. The molecule has 1 aromatic rings. The van der Waals surface area contributed by atoms with Gasteiger partial charge in [-0.3, -0.25) is 0 Å². The van der Waals surface area contributed by atoms with E-state index in [9.17, 15) is 0 Å². The zero-order chi connectivity index (χ0) is 12.3. The molecule has 1 fully saturated rings. The number of hydrogen-bond donors (Lipinski definition) is 1. The first-order chi connectivity index (χ1) is 8.27. The molecular weight excluding hydrogens is 230 g/mol. The number of nitrogens with two attached hydrogens (primary N) is 1. The molecule has 92 valence electrons. The van der Waals surface area contributed by atoms with Crippen LogP contribution in [-0.2, 0) is 13.0 Å². The number of anilines is 1. The van der Waals surface area contributed by atoms with Crippen LogP contribution in [-0.4, -0.2) is 21.6 Å². The summed E-state index contributed by atoms with van der Waals surface area (Å²) in [6.45, 7) is 0.549. The molecule has 1 saturated carbocycles. The normalized spacial score (nSPS) is 14.8. The van der Waals surface area contributed by atoms with Crippen molar-refractivity contribution >= 4 is 17.6 Å². The van der Waals surface area contributed by atoms with Crippen LogP contribution < -0.4 is 5.73 Å². The van der Waals surface area contributed by atoms with Crippen molar-refractivity contribution < 1.29 is 0 Å². The van der Waals surface area contributed by atoms with Gasteiger partial charge in [0.2, 0.25) is 0 Å². The Hall–Kier alpha value is -1.08. The van der Waals surface area contributed by atoms with E-state index in [0.29, 0.717) is 12.5 Å². The molecule has 1 heterocycles. The second-order valence-electron chi connectivity index (χ2n) is 4.46. The highest BCUT2D eigenvalue weighted by Gasteiger charge is 2.30. The highest BCUT2D eigenvalue weighted by Crippen LogP contribution is 2.40. The molecule has 4 heteroatoms. The molecule has 0 amide bonds. The molecular formula is C13H19N3S. The predicted molar refractivity (Wildman–Crippen MR) is 74.2 cm³/mol. The summed E-state index contributed by atoms with van der Waals surface area (Å²) in [7, 11) is 0. The molecule has 0 atom stereocenters. The third kappa shape index (κ3) is 2.78. The number of terminal acetylenes is 1. The molecule has 0 unspecified atom stereocenters. The lowest BCUT2D eigenvalue weighted by molar-refractivity contribution is 0.762. The molecule has 17 heavy (non-hydrogen) atoms. The molecule has 0 saturated heterocycles. The highest BCUT2D eigenvalue weighted by molar-refractivity contribution is 7.98. The molecule has 1 aliphatic carbocycles. The van der Waals surface area contributed by atoms with Crippen molar-refractivity contribution in [2.45, 2.75) is 38.1 Å². The minimum atomic E-state index is 0.549. The Balaban J connectivity index is 2.15. The molecule has 1 aliphatic rings. The van der Waals surface area contributed by atoms with Gasteiger partial charge in [0.15, 0.2) is 0 Å². The molecule has 3 nitrogen and oxygen atoms in total. The van der Waals surface area contributed by atoms with Crippen molar-refractivity contribution in [3.63, 3.8) is 0 Å². The molecule has 0 aliphatic heterocycles. The largest absolute Gasteiger partial charge is 0.384 e. The minimum absolute atomic E-state index is 0.549. The Morgan fingerprint density at radius 3 is 2.94 bits per heavy atom. The van der Waals surface area contributed by atoms with Crippen LogP contribution >= 0.6 is 11.8 Å². The van der Waals surface area contributed by atoms with Crippen molar-refractivity contribution in [2.75, 3.05) is 17.7 Å². The van der Waals surface area contributed by atoms with Crippen LogP contribution in [0.2, 0.25) is 0 Å². The minimum Gasteiger partial charge on any atom is -0.384 e. The van der Waals surface area contributed by atoms with E-state index in [1.165, 1.54) is 12.8 Å². The van der Waals surface area contributed by atoms with Gasteiger partial charge in [-0.2, -0.15) is 11.8 Å². The number of imidazole rings is 1. The van der Waals surface area contributed by atoms with Gasteiger partial charge in [0, 0.05) is 5.92 Å². The summed E-state index contributed by atoms with van der Waals surface area (Å²) < 4.78 is 2.02. The van der Waals surface area contributed by atoms with E-state index < -0.39 is 0 Å². The summed E-state index contributed by atoms with van der Waals surface area (Å²) in [5, 5.41) is 0. The van der Waals surface area contributed by atoms with Gasteiger partial charge in [0.05, 0.1) is 12.2 Å². The Kier molecular flexibility index (Phi) is 4.01. The summed E-state index contributed by atoms with van der Waals surface area (Å²) in [5.41, 5.74) is 7.17. The second kappa shape index (κ2) is 5.50. The fourth-order valence-electron chi connectivity index (χ4n) is 2.01. The standard InChI is InChI=1S/C13H19N3S/c1-3-8-16-12(14)11(5-4-9-17-2)15-13(16)10-6-7-10/h1,10H,4-9,14H2,2H3. The smallest absolute Gasteiger partial charge is 0.127 e. The Labute approximate surface area is 107 Å². The monoisotopic (exact) mass is 249 g/mol. The molecule has 2 N–H and O–H groups in total. The summed E-state index contributed by atoms with van der Waals surface area (Å²) in [6, 6.07) is 0. The Morgan fingerprint density at radius 2 is 2.35 bits per heavy atom. The SMILES string of the molecule is C#CCn1c(C2CC2)nc(CCCSC)c1N. The molecule has 0 aromatic carbocycles. The number of aryl methyl sites for hydroxylation is 1. The third-order valence-electron chi connectivity index (χ3n) is 3.07.